The second-order valence-corrected chi connectivity index (χ2v) is 7.14. The number of rotatable bonds is 4. The predicted molar refractivity (Wildman–Crippen MR) is 93.6 cm³/mol. The fourth-order valence-corrected chi connectivity index (χ4v) is 3.87. The summed E-state index contributed by atoms with van der Waals surface area (Å²) in [6.45, 7) is 4.36. The molecule has 3 rings (SSSR count). The van der Waals surface area contributed by atoms with Crippen LogP contribution in [0.5, 0.6) is 0 Å². The van der Waals surface area contributed by atoms with Crippen LogP contribution in [0.1, 0.15) is 31.2 Å². The van der Waals surface area contributed by atoms with E-state index < -0.39 is 0 Å². The zero-order chi connectivity index (χ0) is 15.4. The molecule has 22 heavy (non-hydrogen) atoms. The van der Waals surface area contributed by atoms with Gasteiger partial charge < -0.3 is 9.80 Å². The van der Waals surface area contributed by atoms with Gasteiger partial charge in [0.15, 0.2) is 0 Å². The Morgan fingerprint density at radius 2 is 2.05 bits per heavy atom. The van der Waals surface area contributed by atoms with Gasteiger partial charge in [-0.15, -0.1) is 0 Å². The van der Waals surface area contributed by atoms with E-state index in [0.29, 0.717) is 6.04 Å². The molecular weight excluding hydrogens is 340 g/mol. The van der Waals surface area contributed by atoms with Crippen LogP contribution in [0.2, 0.25) is 0 Å². The molecule has 0 N–H and O–H groups in total. The van der Waals surface area contributed by atoms with Crippen molar-refractivity contribution in [3.8, 4) is 0 Å². The van der Waals surface area contributed by atoms with Crippen LogP contribution in [0.25, 0.3) is 6.08 Å². The van der Waals surface area contributed by atoms with Gasteiger partial charge in [0.1, 0.15) is 0 Å². The van der Waals surface area contributed by atoms with Crippen molar-refractivity contribution in [3.05, 3.63) is 40.4 Å². The van der Waals surface area contributed by atoms with Crippen molar-refractivity contribution in [2.75, 3.05) is 26.2 Å². The molecule has 2 fully saturated rings. The van der Waals surface area contributed by atoms with E-state index in [2.05, 4.69) is 25.7 Å². The van der Waals surface area contributed by atoms with E-state index in [1.807, 2.05) is 30.3 Å². The smallest absolute Gasteiger partial charge is 0.246 e. The number of carbonyl (C=O) groups is 1. The monoisotopic (exact) mass is 362 g/mol. The van der Waals surface area contributed by atoms with Gasteiger partial charge >= 0.3 is 0 Å². The fourth-order valence-electron chi connectivity index (χ4n) is 3.45. The van der Waals surface area contributed by atoms with Crippen molar-refractivity contribution in [3.63, 3.8) is 0 Å². The third kappa shape index (κ3) is 3.99. The number of hydrogen-bond acceptors (Lipinski definition) is 2. The zero-order valence-electron chi connectivity index (χ0n) is 12.9. The Hall–Kier alpha value is -1.13. The molecule has 1 atom stereocenters. The minimum atomic E-state index is 0.154. The standard InChI is InChI=1S/C18H23BrN2O/c19-16-6-3-5-15(13-16)8-9-18(22)21-12-4-7-17(21)14-20-10-1-2-11-20/h3,5-6,8-9,13,17H,1-2,4,7,10-12,14H2. The van der Waals surface area contributed by atoms with Crippen molar-refractivity contribution in [1.82, 2.24) is 9.80 Å². The van der Waals surface area contributed by atoms with Gasteiger partial charge in [-0.2, -0.15) is 0 Å². The Morgan fingerprint density at radius 1 is 1.23 bits per heavy atom. The van der Waals surface area contributed by atoms with Gasteiger partial charge in [0.25, 0.3) is 0 Å². The lowest BCUT2D eigenvalue weighted by atomic mass is 10.2. The van der Waals surface area contributed by atoms with Crippen LogP contribution >= 0.6 is 15.9 Å². The molecule has 2 heterocycles. The molecule has 2 aliphatic heterocycles. The number of carbonyl (C=O) groups excluding carboxylic acids is 1. The normalized spacial score (nSPS) is 22.8. The molecule has 1 aromatic carbocycles. The maximum Gasteiger partial charge on any atom is 0.246 e. The number of amides is 1. The molecule has 0 spiro atoms. The predicted octanol–water partition coefficient (Wildman–Crippen LogP) is 3.55. The van der Waals surface area contributed by atoms with Gasteiger partial charge in [0.05, 0.1) is 0 Å². The fraction of sp³-hybridized carbons (Fsp3) is 0.500. The Balaban J connectivity index is 1.60. The van der Waals surface area contributed by atoms with E-state index >= 15 is 0 Å². The highest BCUT2D eigenvalue weighted by Gasteiger charge is 2.29. The molecule has 2 saturated heterocycles. The van der Waals surface area contributed by atoms with Crippen LogP contribution < -0.4 is 0 Å². The summed E-state index contributed by atoms with van der Waals surface area (Å²) in [5, 5.41) is 0. The van der Waals surface area contributed by atoms with Crippen molar-refractivity contribution >= 4 is 27.9 Å². The van der Waals surface area contributed by atoms with E-state index in [9.17, 15) is 4.79 Å². The van der Waals surface area contributed by atoms with Crippen molar-refractivity contribution < 1.29 is 4.79 Å². The molecule has 4 heteroatoms. The average molecular weight is 363 g/mol. The van der Waals surface area contributed by atoms with Crippen LogP contribution in [0, 0.1) is 0 Å². The summed E-state index contributed by atoms with van der Waals surface area (Å²) in [7, 11) is 0. The largest absolute Gasteiger partial charge is 0.335 e. The second kappa shape index (κ2) is 7.42. The highest BCUT2D eigenvalue weighted by atomic mass is 79.9. The molecule has 2 aliphatic rings. The van der Waals surface area contributed by atoms with Gasteiger partial charge in [-0.1, -0.05) is 28.1 Å². The van der Waals surface area contributed by atoms with E-state index in [1.165, 1.54) is 25.9 Å². The van der Waals surface area contributed by atoms with E-state index in [0.717, 1.165) is 36.0 Å². The third-order valence-electron chi connectivity index (χ3n) is 4.59. The molecule has 1 aromatic rings. The summed E-state index contributed by atoms with van der Waals surface area (Å²) < 4.78 is 1.04. The lowest BCUT2D eigenvalue weighted by molar-refractivity contribution is -0.127. The quantitative estimate of drug-likeness (QED) is 0.764. The molecule has 0 saturated carbocycles. The van der Waals surface area contributed by atoms with Gasteiger partial charge in [0.2, 0.25) is 5.91 Å². The van der Waals surface area contributed by atoms with Crippen LogP contribution in [-0.2, 0) is 4.79 Å². The number of nitrogens with zero attached hydrogens (tertiary/aromatic N) is 2. The number of likely N-dealkylation sites (tertiary alicyclic amines) is 2. The van der Waals surface area contributed by atoms with Crippen molar-refractivity contribution in [2.45, 2.75) is 31.7 Å². The summed E-state index contributed by atoms with van der Waals surface area (Å²) in [6.07, 6.45) is 8.54. The Labute approximate surface area is 141 Å². The minimum absolute atomic E-state index is 0.154. The second-order valence-electron chi connectivity index (χ2n) is 6.22. The Morgan fingerprint density at radius 3 is 2.82 bits per heavy atom. The molecule has 0 aromatic heterocycles. The molecule has 118 valence electrons. The van der Waals surface area contributed by atoms with Gasteiger partial charge in [-0.3, -0.25) is 4.79 Å². The van der Waals surface area contributed by atoms with Crippen LogP contribution in [0.3, 0.4) is 0 Å². The maximum atomic E-state index is 12.5. The average Bonchev–Trinajstić information content (AvgIpc) is 3.17. The van der Waals surface area contributed by atoms with E-state index in [4.69, 9.17) is 0 Å². The van der Waals surface area contributed by atoms with Crippen LogP contribution in [-0.4, -0.2) is 47.9 Å². The summed E-state index contributed by atoms with van der Waals surface area (Å²) in [5.41, 5.74) is 1.05. The van der Waals surface area contributed by atoms with Crippen LogP contribution in [0.15, 0.2) is 34.8 Å². The molecule has 0 bridgehead atoms. The maximum absolute atomic E-state index is 12.5. The first-order valence-electron chi connectivity index (χ1n) is 8.19. The van der Waals surface area contributed by atoms with E-state index in [1.54, 1.807) is 6.08 Å². The van der Waals surface area contributed by atoms with Gasteiger partial charge in [0, 0.05) is 29.7 Å². The van der Waals surface area contributed by atoms with Crippen molar-refractivity contribution in [2.24, 2.45) is 0 Å². The third-order valence-corrected chi connectivity index (χ3v) is 5.09. The van der Waals surface area contributed by atoms with Crippen molar-refractivity contribution in [1.29, 1.82) is 0 Å². The summed E-state index contributed by atoms with van der Waals surface area (Å²) in [6, 6.07) is 8.42. The highest BCUT2D eigenvalue weighted by Crippen LogP contribution is 2.21. The molecule has 0 radical (unpaired) electrons. The first-order valence-corrected chi connectivity index (χ1v) is 8.98. The highest BCUT2D eigenvalue weighted by molar-refractivity contribution is 9.10. The lowest BCUT2D eigenvalue weighted by Gasteiger charge is -2.27. The van der Waals surface area contributed by atoms with Gasteiger partial charge in [-0.25, -0.2) is 0 Å². The minimum Gasteiger partial charge on any atom is -0.335 e. The molecule has 3 nitrogen and oxygen atoms in total. The first kappa shape index (κ1) is 15.8. The summed E-state index contributed by atoms with van der Waals surface area (Å²) in [5.74, 6) is 0.154. The molecule has 1 amide bonds. The Bertz CT molecular complexity index is 552. The SMILES string of the molecule is O=C(C=Cc1cccc(Br)c1)N1CCCC1CN1CCCC1. The van der Waals surface area contributed by atoms with E-state index in [-0.39, 0.29) is 5.91 Å². The topological polar surface area (TPSA) is 23.6 Å². The number of halogens is 1. The lowest BCUT2D eigenvalue weighted by Crippen LogP contribution is -2.41. The first-order chi connectivity index (χ1) is 10.7. The number of benzene rings is 1. The van der Waals surface area contributed by atoms with Crippen LogP contribution in [0.4, 0.5) is 0 Å². The summed E-state index contributed by atoms with van der Waals surface area (Å²) in [4.78, 5) is 17.1. The van der Waals surface area contributed by atoms with Gasteiger partial charge in [-0.05, 0) is 62.5 Å². The molecular formula is C18H23BrN2O. The zero-order valence-corrected chi connectivity index (χ0v) is 14.5. The molecule has 0 aliphatic carbocycles. The molecule has 1 unspecified atom stereocenters. The Kier molecular flexibility index (Phi) is 5.32. The number of hydrogen-bond donors (Lipinski definition) is 0. The summed E-state index contributed by atoms with van der Waals surface area (Å²) >= 11 is 3.46.